The minimum atomic E-state index is -1.53. The summed E-state index contributed by atoms with van der Waals surface area (Å²) in [6.07, 6.45) is 0.107. The molecule has 74 valence electrons. The van der Waals surface area contributed by atoms with Gasteiger partial charge in [-0.05, 0) is 6.42 Å². The smallest absolute Gasteiger partial charge is 0.416 e. The highest BCUT2D eigenvalue weighted by atomic mass is 32.1. The number of nitrogens with zero attached hydrogens (tertiary/aromatic N) is 1. The summed E-state index contributed by atoms with van der Waals surface area (Å²) in [6.45, 7) is 2.24. The second-order valence-corrected chi connectivity index (χ2v) is 3.08. The Bertz CT molecular complexity index is 245. The number of carbonyl (C=O) groups is 2. The molecule has 1 aliphatic rings. The van der Waals surface area contributed by atoms with Crippen LogP contribution in [0.15, 0.2) is 0 Å². The van der Waals surface area contributed by atoms with Crippen molar-refractivity contribution in [2.75, 3.05) is 12.3 Å². The Hall–Kier alpha value is -0.910. The zero-order chi connectivity index (χ0) is 10.1. The number of aliphatic carboxylic acids is 1. The van der Waals surface area contributed by atoms with Crippen LogP contribution in [-0.2, 0) is 9.53 Å². The van der Waals surface area contributed by atoms with Crippen LogP contribution in [-0.4, -0.2) is 40.1 Å². The molecule has 6 heteroatoms. The zero-order valence-electron chi connectivity index (χ0n) is 7.19. The molecule has 1 rings (SSSR count). The van der Waals surface area contributed by atoms with Gasteiger partial charge in [-0.2, -0.15) is 12.6 Å². The molecule has 1 saturated heterocycles. The van der Waals surface area contributed by atoms with E-state index in [2.05, 4.69) is 17.4 Å². The lowest BCUT2D eigenvalue weighted by Gasteiger charge is -2.46. The standard InChI is InChI=1S/C7H11NO4S/c1-2-3-8-6(11)12-7(8,4-13)5(9)10/h13H,2-4H2,1H3,(H,9,10)/t7-/m1/s1. The van der Waals surface area contributed by atoms with Gasteiger partial charge in [-0.1, -0.05) is 6.92 Å². The molecule has 0 saturated carbocycles. The molecular formula is C7H11NO4S. The third-order valence-electron chi connectivity index (χ3n) is 1.91. The highest BCUT2D eigenvalue weighted by Gasteiger charge is 2.58. The van der Waals surface area contributed by atoms with Gasteiger partial charge >= 0.3 is 12.1 Å². The summed E-state index contributed by atoms with van der Waals surface area (Å²) in [6, 6.07) is 0. The van der Waals surface area contributed by atoms with E-state index in [0.717, 1.165) is 0 Å². The first-order chi connectivity index (χ1) is 6.08. The fourth-order valence-electron chi connectivity index (χ4n) is 1.20. The van der Waals surface area contributed by atoms with Crippen molar-refractivity contribution in [2.45, 2.75) is 19.1 Å². The average molecular weight is 205 g/mol. The van der Waals surface area contributed by atoms with Crippen LogP contribution in [0.5, 0.6) is 0 Å². The molecule has 13 heavy (non-hydrogen) atoms. The van der Waals surface area contributed by atoms with E-state index in [1.165, 1.54) is 4.90 Å². The molecule has 0 aromatic heterocycles. The van der Waals surface area contributed by atoms with Gasteiger partial charge in [-0.15, -0.1) is 0 Å². The Morgan fingerprint density at radius 3 is 2.69 bits per heavy atom. The number of ether oxygens (including phenoxy) is 1. The van der Waals surface area contributed by atoms with Crippen LogP contribution in [0.3, 0.4) is 0 Å². The third-order valence-corrected chi connectivity index (χ3v) is 2.34. The third kappa shape index (κ3) is 1.35. The Kier molecular flexibility index (Phi) is 2.70. The Labute approximate surface area is 81.1 Å². The van der Waals surface area contributed by atoms with Crippen molar-refractivity contribution in [3.05, 3.63) is 0 Å². The van der Waals surface area contributed by atoms with Crippen LogP contribution in [0.1, 0.15) is 13.3 Å². The molecule has 0 aliphatic carbocycles. The van der Waals surface area contributed by atoms with Crippen molar-refractivity contribution in [2.24, 2.45) is 0 Å². The number of carbonyl (C=O) groups excluding carboxylic acids is 1. The summed E-state index contributed by atoms with van der Waals surface area (Å²) < 4.78 is 4.61. The van der Waals surface area contributed by atoms with Crippen LogP contribution < -0.4 is 0 Å². The number of cyclic esters (lactones) is 1. The van der Waals surface area contributed by atoms with Gasteiger partial charge in [0.15, 0.2) is 0 Å². The second-order valence-electron chi connectivity index (χ2n) is 2.77. The SMILES string of the molecule is CCCN1C(=O)O[C@]1(CS)C(=O)O. The molecule has 0 spiro atoms. The summed E-state index contributed by atoms with van der Waals surface area (Å²) in [5.74, 6) is -1.20. The Morgan fingerprint density at radius 2 is 2.38 bits per heavy atom. The number of rotatable bonds is 4. The van der Waals surface area contributed by atoms with Gasteiger partial charge in [-0.25, -0.2) is 9.59 Å². The van der Waals surface area contributed by atoms with Crippen molar-refractivity contribution in [3.63, 3.8) is 0 Å². The molecule has 1 atom stereocenters. The van der Waals surface area contributed by atoms with Crippen molar-refractivity contribution in [1.29, 1.82) is 0 Å². The zero-order valence-corrected chi connectivity index (χ0v) is 8.08. The molecule has 0 unspecified atom stereocenters. The van der Waals surface area contributed by atoms with E-state index in [1.807, 2.05) is 6.92 Å². The van der Waals surface area contributed by atoms with Gasteiger partial charge in [0.1, 0.15) is 0 Å². The lowest BCUT2D eigenvalue weighted by atomic mass is 10.1. The molecule has 1 aliphatic heterocycles. The monoisotopic (exact) mass is 205 g/mol. The fourth-order valence-corrected chi connectivity index (χ4v) is 1.57. The molecule has 0 aromatic carbocycles. The van der Waals surface area contributed by atoms with Gasteiger partial charge in [0.05, 0.1) is 5.75 Å². The van der Waals surface area contributed by atoms with Crippen molar-refractivity contribution >= 4 is 24.7 Å². The quantitative estimate of drug-likeness (QED) is 0.658. The number of carboxylic acid groups (broad SMARTS) is 1. The number of hydrogen-bond acceptors (Lipinski definition) is 4. The molecule has 1 fully saturated rings. The van der Waals surface area contributed by atoms with E-state index in [0.29, 0.717) is 13.0 Å². The van der Waals surface area contributed by atoms with E-state index in [9.17, 15) is 9.59 Å². The highest BCUT2D eigenvalue weighted by Crippen LogP contribution is 2.31. The molecule has 0 radical (unpaired) electrons. The molecular weight excluding hydrogens is 194 g/mol. The van der Waals surface area contributed by atoms with E-state index >= 15 is 0 Å². The van der Waals surface area contributed by atoms with Gasteiger partial charge in [0.2, 0.25) is 0 Å². The van der Waals surface area contributed by atoms with Crippen molar-refractivity contribution in [3.8, 4) is 0 Å². The minimum absolute atomic E-state index is 0.0337. The minimum Gasteiger partial charge on any atom is -0.477 e. The fraction of sp³-hybridized carbons (Fsp3) is 0.714. The normalized spacial score (nSPS) is 26.6. The molecule has 5 nitrogen and oxygen atoms in total. The number of hydrogen-bond donors (Lipinski definition) is 2. The second kappa shape index (κ2) is 3.45. The summed E-state index contributed by atoms with van der Waals surface area (Å²) >= 11 is 3.86. The topological polar surface area (TPSA) is 66.8 Å². The summed E-state index contributed by atoms with van der Waals surface area (Å²) in [5.41, 5.74) is -1.53. The molecule has 1 heterocycles. The van der Waals surface area contributed by atoms with Crippen LogP contribution in [0.2, 0.25) is 0 Å². The maximum atomic E-state index is 10.9. The summed E-state index contributed by atoms with van der Waals surface area (Å²) in [7, 11) is 0. The van der Waals surface area contributed by atoms with Crippen LogP contribution in [0, 0.1) is 0 Å². The Balaban J connectivity index is 2.78. The van der Waals surface area contributed by atoms with Crippen molar-refractivity contribution in [1.82, 2.24) is 4.90 Å². The lowest BCUT2D eigenvalue weighted by molar-refractivity contribution is -0.204. The van der Waals surface area contributed by atoms with E-state index < -0.39 is 17.8 Å². The first-order valence-corrected chi connectivity index (χ1v) is 4.56. The maximum absolute atomic E-state index is 10.9. The van der Waals surface area contributed by atoms with E-state index in [-0.39, 0.29) is 5.75 Å². The van der Waals surface area contributed by atoms with Crippen LogP contribution in [0.25, 0.3) is 0 Å². The molecule has 0 bridgehead atoms. The average Bonchev–Trinajstić information content (AvgIpc) is 2.09. The molecule has 1 amide bonds. The van der Waals surface area contributed by atoms with Crippen molar-refractivity contribution < 1.29 is 19.4 Å². The van der Waals surface area contributed by atoms with Gasteiger partial charge in [0.25, 0.3) is 5.72 Å². The predicted octanol–water partition coefficient (Wildman–Crippen LogP) is 0.559. The first-order valence-electron chi connectivity index (χ1n) is 3.93. The van der Waals surface area contributed by atoms with Crippen LogP contribution >= 0.6 is 12.6 Å². The number of amides is 1. The van der Waals surface area contributed by atoms with Gasteiger partial charge in [0, 0.05) is 6.54 Å². The van der Waals surface area contributed by atoms with E-state index in [1.54, 1.807) is 0 Å². The molecule has 1 N–H and O–H groups in total. The molecule has 0 aromatic rings. The van der Waals surface area contributed by atoms with E-state index in [4.69, 9.17) is 5.11 Å². The first kappa shape index (κ1) is 10.2. The lowest BCUT2D eigenvalue weighted by Crippen LogP contribution is -2.70. The van der Waals surface area contributed by atoms with Gasteiger partial charge < -0.3 is 9.84 Å². The Morgan fingerprint density at radius 1 is 1.77 bits per heavy atom. The number of thiol groups is 1. The summed E-state index contributed by atoms with van der Waals surface area (Å²) in [5, 5.41) is 8.83. The number of carboxylic acids is 1. The largest absolute Gasteiger partial charge is 0.477 e. The predicted molar refractivity (Wildman–Crippen MR) is 47.7 cm³/mol. The van der Waals surface area contributed by atoms with Gasteiger partial charge in [-0.3, -0.25) is 4.90 Å². The summed E-state index contributed by atoms with van der Waals surface area (Å²) in [4.78, 5) is 22.9. The van der Waals surface area contributed by atoms with Crippen LogP contribution in [0.4, 0.5) is 4.79 Å². The maximum Gasteiger partial charge on any atom is 0.416 e. The highest BCUT2D eigenvalue weighted by molar-refractivity contribution is 7.80.